The van der Waals surface area contributed by atoms with Crippen molar-refractivity contribution >= 4 is 60.4 Å². The molecule has 8 rings (SSSR count). The number of hydrogen-bond donors (Lipinski definition) is 4. The number of nitrogens with zero attached hydrogens (tertiary/aromatic N) is 5. The molecule has 19 nitrogen and oxygen atoms in total. The summed E-state index contributed by atoms with van der Waals surface area (Å²) < 4.78 is 76.1. The average molecular weight is 1080 g/mol. The molecule has 76 heavy (non-hydrogen) atoms. The van der Waals surface area contributed by atoms with Crippen LogP contribution in [0.2, 0.25) is 25.2 Å². The Balaban J connectivity index is 1.10. The van der Waals surface area contributed by atoms with Crippen molar-refractivity contribution in [2.45, 2.75) is 120 Å². The Kier molecular flexibility index (Phi) is 17.2. The van der Waals surface area contributed by atoms with Crippen molar-refractivity contribution in [2.24, 2.45) is 11.7 Å². The number of halogens is 3. The molecule has 1 aromatic heterocycles. The van der Waals surface area contributed by atoms with Crippen molar-refractivity contribution in [3.8, 4) is 0 Å². The van der Waals surface area contributed by atoms with Crippen LogP contribution in [0.5, 0.6) is 0 Å². The number of fused-ring (bicyclic) bond motifs is 1. The number of likely N-dealkylation sites (tertiary alicyclic amines) is 2. The lowest BCUT2D eigenvalue weighted by molar-refractivity contribution is -0.148. The summed E-state index contributed by atoms with van der Waals surface area (Å²) in [5.41, 5.74) is 7.46. The molecule has 9 atom stereocenters. The second-order valence-corrected chi connectivity index (χ2v) is 26.5. The van der Waals surface area contributed by atoms with Gasteiger partial charge in [0.1, 0.15) is 35.6 Å². The summed E-state index contributed by atoms with van der Waals surface area (Å²) in [5, 5.41) is 5.54. The quantitative estimate of drug-likeness (QED) is 0.0779. The summed E-state index contributed by atoms with van der Waals surface area (Å²) >= 11 is 0. The van der Waals surface area contributed by atoms with Gasteiger partial charge in [0.05, 0.1) is 57.1 Å². The van der Waals surface area contributed by atoms with Crippen LogP contribution in [0, 0.1) is 23.4 Å². The SMILES string of the molecule is COC[C@H]1C[C@@H](NC(=O)c2ccc([C@H]3CC[C@H](c4cc5[nH]c([C@@H]6CCCN6C(=O)[C@@H](NC(=O)OC)[C@@H](C)OC)nc5cc4F)N3c3cc(F)c(N4CC[Si](C)(C)CC4)c(F)c3)cc2)N(C(=O)[C@@H](OC(N)=O)[C@@H](C)OC)C1. The number of alkyl carbamates (subject to hydrolysis) is 1. The fourth-order valence-electron chi connectivity index (χ4n) is 11.3. The van der Waals surface area contributed by atoms with Crippen LogP contribution in [0.1, 0.15) is 91.4 Å². The summed E-state index contributed by atoms with van der Waals surface area (Å²) in [6.07, 6.45) is -3.29. The molecule has 5 amide bonds. The lowest BCUT2D eigenvalue weighted by atomic mass is 10.0. The van der Waals surface area contributed by atoms with Gasteiger partial charge in [0.25, 0.3) is 11.8 Å². The van der Waals surface area contributed by atoms with Crippen LogP contribution in [-0.2, 0) is 33.3 Å². The van der Waals surface area contributed by atoms with Gasteiger partial charge in [-0.2, -0.15) is 0 Å². The number of aromatic nitrogens is 2. The predicted octanol–water partition coefficient (Wildman–Crippen LogP) is 7.06. The number of nitrogens with one attached hydrogen (secondary N) is 3. The summed E-state index contributed by atoms with van der Waals surface area (Å²) in [5.74, 6) is -3.24. The van der Waals surface area contributed by atoms with Gasteiger partial charge >= 0.3 is 12.2 Å². The fraction of sp³-hybridized carbons (Fsp3) is 0.547. The van der Waals surface area contributed by atoms with Crippen LogP contribution in [-0.4, -0.2) is 149 Å². The van der Waals surface area contributed by atoms with Gasteiger partial charge in [-0.1, -0.05) is 25.2 Å². The molecule has 0 bridgehead atoms. The number of hydrogen-bond acceptors (Lipinski definition) is 13. The molecule has 412 valence electrons. The number of imidazole rings is 1. The highest BCUT2D eigenvalue weighted by atomic mass is 28.3. The maximum atomic E-state index is 16.8. The Labute approximate surface area is 441 Å². The van der Waals surface area contributed by atoms with Gasteiger partial charge in [0, 0.05) is 76.3 Å². The Bertz CT molecular complexity index is 2760. The Morgan fingerprint density at radius 2 is 1.50 bits per heavy atom. The first-order valence-electron chi connectivity index (χ1n) is 25.8. The topological polar surface area (TPSA) is 223 Å². The predicted molar refractivity (Wildman–Crippen MR) is 279 cm³/mol. The molecule has 23 heteroatoms. The molecule has 0 aliphatic carbocycles. The normalized spacial score (nSPS) is 23.1. The van der Waals surface area contributed by atoms with E-state index in [1.807, 2.05) is 4.90 Å². The number of methoxy groups -OCH3 is 4. The molecular weight excluding hydrogens is 1010 g/mol. The van der Waals surface area contributed by atoms with Crippen LogP contribution in [0.4, 0.5) is 34.1 Å². The van der Waals surface area contributed by atoms with E-state index in [1.165, 1.54) is 51.5 Å². The lowest BCUT2D eigenvalue weighted by Gasteiger charge is -2.38. The number of H-pyrrole nitrogens is 1. The number of ether oxygens (including phenoxy) is 5. The molecule has 5 heterocycles. The number of primary amides is 1. The van der Waals surface area contributed by atoms with Crippen molar-refractivity contribution < 1.29 is 60.8 Å². The third kappa shape index (κ3) is 11.8. The first-order chi connectivity index (χ1) is 36.2. The van der Waals surface area contributed by atoms with E-state index in [9.17, 15) is 24.0 Å². The van der Waals surface area contributed by atoms with Gasteiger partial charge in [-0.15, -0.1) is 0 Å². The van der Waals surface area contributed by atoms with Gasteiger partial charge in [0.2, 0.25) is 12.0 Å². The largest absolute Gasteiger partial charge is 0.453 e. The number of carbonyl (C=O) groups is 5. The minimum absolute atomic E-state index is 0.0859. The molecule has 0 saturated carbocycles. The third-order valence-corrected chi connectivity index (χ3v) is 18.9. The van der Waals surface area contributed by atoms with E-state index in [4.69, 9.17) is 34.4 Å². The highest BCUT2D eigenvalue weighted by Gasteiger charge is 2.44. The summed E-state index contributed by atoms with van der Waals surface area (Å²) in [7, 11) is 4.07. The standard InChI is InChI=1S/C53H70F3N9O10Si/c1-29(72-4)45(61-53(70)74-6)50(67)63-17-9-10-43(63)48-58-39-25-35(36(54)26-40(39)59-48)42-16-15-41(65(42)34-23-37(55)46(38(56)24-34)62-18-20-76(7,8)21-19-62)32-11-13-33(14-12-32)49(66)60-44-22-31(28-71-3)27-64(44)51(68)47(30(2)73-5)75-52(57)69/h11-14,23-26,29-31,41-45,47H,9-10,15-22,27-28H2,1-8H3,(H2,57,69)(H,58,59)(H,60,66)(H,61,70)/t29-,30-,31+,41-,42-,43+,44+,45+,47+/m1/s1. The number of nitrogens with two attached hydrogens (primary N) is 1. The minimum atomic E-state index is -1.48. The maximum Gasteiger partial charge on any atom is 0.407 e. The van der Waals surface area contributed by atoms with E-state index >= 15 is 13.2 Å². The first-order valence-corrected chi connectivity index (χ1v) is 29.3. The van der Waals surface area contributed by atoms with Crippen LogP contribution >= 0.6 is 0 Å². The highest BCUT2D eigenvalue weighted by molar-refractivity contribution is 6.77. The molecule has 4 aliphatic heterocycles. The van der Waals surface area contributed by atoms with Crippen molar-refractivity contribution in [3.63, 3.8) is 0 Å². The van der Waals surface area contributed by atoms with E-state index < -0.39 is 104 Å². The molecule has 4 aliphatic rings. The van der Waals surface area contributed by atoms with Crippen LogP contribution in [0.3, 0.4) is 0 Å². The van der Waals surface area contributed by atoms with Crippen molar-refractivity contribution in [1.29, 1.82) is 0 Å². The highest BCUT2D eigenvalue weighted by Crippen LogP contribution is 2.49. The van der Waals surface area contributed by atoms with Crippen molar-refractivity contribution in [1.82, 2.24) is 30.4 Å². The van der Waals surface area contributed by atoms with E-state index in [2.05, 4.69) is 28.7 Å². The second-order valence-electron chi connectivity index (χ2n) is 21.1. The smallest absolute Gasteiger partial charge is 0.407 e. The van der Waals surface area contributed by atoms with Crippen LogP contribution in [0.25, 0.3) is 11.0 Å². The average Bonchev–Trinajstić information content (AvgIpc) is 4.23. The summed E-state index contributed by atoms with van der Waals surface area (Å²) in [6, 6.07) is 11.3. The van der Waals surface area contributed by atoms with Crippen LogP contribution in [0.15, 0.2) is 48.5 Å². The number of anilines is 2. The second kappa shape index (κ2) is 23.4. The zero-order valence-corrected chi connectivity index (χ0v) is 45.3. The van der Waals surface area contributed by atoms with Gasteiger partial charge in [-0.3, -0.25) is 14.4 Å². The van der Waals surface area contributed by atoms with Crippen LogP contribution < -0.4 is 26.2 Å². The number of rotatable bonds is 17. The zero-order valence-electron chi connectivity index (χ0n) is 44.3. The minimum Gasteiger partial charge on any atom is -0.453 e. The Morgan fingerprint density at radius 1 is 0.829 bits per heavy atom. The molecule has 4 aromatic rings. The fourth-order valence-corrected chi connectivity index (χ4v) is 13.3. The molecule has 4 saturated heterocycles. The summed E-state index contributed by atoms with van der Waals surface area (Å²) in [4.78, 5) is 80.7. The van der Waals surface area contributed by atoms with E-state index in [0.29, 0.717) is 80.8 Å². The first kappa shape index (κ1) is 55.8. The molecule has 0 spiro atoms. The van der Waals surface area contributed by atoms with Gasteiger partial charge in [-0.05, 0) is 93.9 Å². The lowest BCUT2D eigenvalue weighted by Crippen LogP contribution is -2.54. The molecule has 4 fully saturated rings. The molecule has 0 unspecified atom stereocenters. The van der Waals surface area contributed by atoms with E-state index in [0.717, 1.165) is 12.1 Å². The van der Waals surface area contributed by atoms with Crippen molar-refractivity contribution in [3.05, 3.63) is 88.5 Å². The Hall–Kier alpha value is -6.43. The zero-order chi connectivity index (χ0) is 54.7. The number of carbonyl (C=O) groups excluding carboxylic acids is 5. The molecular formula is C53H70F3N9O10Si. The van der Waals surface area contributed by atoms with Gasteiger partial charge < -0.3 is 64.6 Å². The van der Waals surface area contributed by atoms with E-state index in [-0.39, 0.29) is 35.0 Å². The molecule has 0 radical (unpaired) electrons. The number of benzene rings is 3. The maximum absolute atomic E-state index is 16.8. The summed E-state index contributed by atoms with van der Waals surface area (Å²) in [6.45, 7) is 9.75. The van der Waals surface area contributed by atoms with E-state index in [1.54, 1.807) is 54.0 Å². The molecule has 5 N–H and O–H groups in total. The third-order valence-electron chi connectivity index (χ3n) is 15.7. The number of aromatic amines is 1. The molecule has 3 aromatic carbocycles. The van der Waals surface area contributed by atoms with Gasteiger partial charge in [0.15, 0.2) is 11.6 Å². The van der Waals surface area contributed by atoms with Crippen molar-refractivity contribution in [2.75, 3.05) is 71.0 Å². The van der Waals surface area contributed by atoms with Gasteiger partial charge in [-0.25, -0.2) is 27.7 Å². The Morgan fingerprint density at radius 3 is 2.13 bits per heavy atom. The number of amides is 5. The monoisotopic (exact) mass is 1080 g/mol.